The van der Waals surface area contributed by atoms with Crippen LogP contribution in [0, 0.1) is 0 Å². The van der Waals surface area contributed by atoms with Crippen molar-refractivity contribution in [1.82, 2.24) is 4.90 Å². The van der Waals surface area contributed by atoms with Crippen LogP contribution in [0.4, 0.5) is 0 Å². The molecule has 0 aromatic rings. The SMILES string of the molecule is C1=NCCCCCCCCCCCCCCCCCCCCCCCCCCCCCCCCCCCCCCCCCCCCCCCCC2CCCCN2CCCCC1. The Labute approximate surface area is 387 Å². The maximum Gasteiger partial charge on any atom is 0.0385 e. The highest BCUT2D eigenvalue weighted by atomic mass is 15.2. The van der Waals surface area contributed by atoms with E-state index in [0.29, 0.717) is 0 Å². The molecule has 2 rings (SSSR count). The zero-order valence-corrected chi connectivity index (χ0v) is 42.4. The van der Waals surface area contributed by atoms with E-state index in [2.05, 4.69) is 11.1 Å². The van der Waals surface area contributed by atoms with Gasteiger partial charge in [0.05, 0.1) is 0 Å². The molecule has 0 amide bonds. The summed E-state index contributed by atoms with van der Waals surface area (Å²) in [6, 6.07) is 0.889. The Hall–Kier alpha value is -0.370. The van der Waals surface area contributed by atoms with Gasteiger partial charge in [0.25, 0.3) is 0 Å². The molecule has 1 atom stereocenters. The largest absolute Gasteiger partial charge is 0.300 e. The summed E-state index contributed by atoms with van der Waals surface area (Å²) < 4.78 is 0. The summed E-state index contributed by atoms with van der Waals surface area (Å²) in [7, 11) is 0. The lowest BCUT2D eigenvalue weighted by Gasteiger charge is -2.36. The summed E-state index contributed by atoms with van der Waals surface area (Å²) in [5.74, 6) is 0. The van der Waals surface area contributed by atoms with Gasteiger partial charge in [-0.15, -0.1) is 0 Å². The molecule has 0 saturated carbocycles. The predicted octanol–water partition coefficient (Wildman–Crippen LogP) is 20.8. The second kappa shape index (κ2) is 49.1. The molecule has 61 heavy (non-hydrogen) atoms. The first-order valence-corrected chi connectivity index (χ1v) is 29.7. The fourth-order valence-corrected chi connectivity index (χ4v) is 11.0. The van der Waals surface area contributed by atoms with E-state index in [0.717, 1.165) is 12.6 Å². The molecule has 0 aromatic heterocycles. The van der Waals surface area contributed by atoms with Gasteiger partial charge >= 0.3 is 0 Å². The molecule has 0 N–H and O–H groups in total. The van der Waals surface area contributed by atoms with Crippen molar-refractivity contribution >= 4 is 6.21 Å². The summed E-state index contributed by atoms with van der Waals surface area (Å²) >= 11 is 0. The summed E-state index contributed by atoms with van der Waals surface area (Å²) in [4.78, 5) is 7.65. The minimum absolute atomic E-state index is 0.889. The van der Waals surface area contributed by atoms with E-state index in [1.165, 1.54) is 360 Å². The molecule has 2 aliphatic rings. The zero-order chi connectivity index (χ0) is 42.9. The van der Waals surface area contributed by atoms with Gasteiger partial charge in [-0.05, 0) is 64.2 Å². The Morgan fingerprint density at radius 2 is 0.443 bits per heavy atom. The molecule has 0 spiro atoms. The van der Waals surface area contributed by atoms with Crippen LogP contribution in [0.5, 0.6) is 0 Å². The topological polar surface area (TPSA) is 15.6 Å². The van der Waals surface area contributed by atoms with Gasteiger partial charge in [0.2, 0.25) is 0 Å². The van der Waals surface area contributed by atoms with Crippen LogP contribution in [-0.2, 0) is 0 Å². The number of fused-ring (bicyclic) bond motifs is 1. The Bertz CT molecular complexity index is 837. The first-order chi connectivity index (χ1) is 30.5. The van der Waals surface area contributed by atoms with E-state index in [4.69, 9.17) is 4.99 Å². The summed E-state index contributed by atoms with van der Waals surface area (Å²) in [5.41, 5.74) is 0. The smallest absolute Gasteiger partial charge is 0.0385 e. The van der Waals surface area contributed by atoms with E-state index in [9.17, 15) is 0 Å². The Morgan fingerprint density at radius 3 is 0.738 bits per heavy atom. The van der Waals surface area contributed by atoms with Crippen LogP contribution in [0.3, 0.4) is 0 Å². The molecule has 1 unspecified atom stereocenters. The van der Waals surface area contributed by atoms with Crippen molar-refractivity contribution in [2.75, 3.05) is 19.6 Å². The zero-order valence-electron chi connectivity index (χ0n) is 42.4. The van der Waals surface area contributed by atoms with Crippen LogP contribution in [0.15, 0.2) is 4.99 Å². The average Bonchev–Trinajstić information content (AvgIpc) is 3.27. The van der Waals surface area contributed by atoms with Crippen molar-refractivity contribution in [3.63, 3.8) is 0 Å². The van der Waals surface area contributed by atoms with Crippen molar-refractivity contribution in [1.29, 1.82) is 0 Å². The van der Waals surface area contributed by atoms with Gasteiger partial charge in [-0.2, -0.15) is 0 Å². The van der Waals surface area contributed by atoms with Gasteiger partial charge in [0.1, 0.15) is 0 Å². The highest BCUT2D eigenvalue weighted by Crippen LogP contribution is 2.24. The van der Waals surface area contributed by atoms with Gasteiger partial charge in [-0.1, -0.05) is 302 Å². The lowest BCUT2D eigenvalue weighted by Crippen LogP contribution is -2.40. The first-order valence-electron chi connectivity index (χ1n) is 29.7. The molecule has 0 bridgehead atoms. The Morgan fingerprint density at radius 1 is 0.230 bits per heavy atom. The lowest BCUT2D eigenvalue weighted by atomic mass is 9.96. The first kappa shape index (κ1) is 56.8. The maximum atomic E-state index is 4.76. The van der Waals surface area contributed by atoms with Gasteiger partial charge in [-0.25, -0.2) is 0 Å². The third kappa shape index (κ3) is 42.0. The van der Waals surface area contributed by atoms with E-state index in [1.54, 1.807) is 0 Å². The minimum Gasteiger partial charge on any atom is -0.300 e. The molecule has 0 aromatic carbocycles. The van der Waals surface area contributed by atoms with Crippen molar-refractivity contribution in [2.24, 2.45) is 4.99 Å². The second-order valence-electron chi connectivity index (χ2n) is 21.2. The van der Waals surface area contributed by atoms with Gasteiger partial charge < -0.3 is 4.90 Å². The number of aliphatic imine (C=N–C) groups is 1. The molecule has 362 valence electrons. The third-order valence-corrected chi connectivity index (χ3v) is 15.2. The molecular weight excluding hydrogens is 737 g/mol. The monoisotopic (exact) mass is 853 g/mol. The summed E-state index contributed by atoms with van der Waals surface area (Å²) in [6.07, 6.45) is 81.5. The number of rotatable bonds is 0. The fraction of sp³-hybridized carbons (Fsp3) is 0.983. The molecule has 2 aliphatic heterocycles. The van der Waals surface area contributed by atoms with Crippen molar-refractivity contribution in [2.45, 2.75) is 353 Å². The van der Waals surface area contributed by atoms with Crippen molar-refractivity contribution in [3.8, 4) is 0 Å². The molecular formula is C59H116N2. The quantitative estimate of drug-likeness (QED) is 0.237. The third-order valence-electron chi connectivity index (χ3n) is 15.2. The van der Waals surface area contributed by atoms with Crippen LogP contribution in [0.2, 0.25) is 0 Å². The molecule has 2 heteroatoms. The van der Waals surface area contributed by atoms with Gasteiger partial charge in [0.15, 0.2) is 0 Å². The predicted molar refractivity (Wildman–Crippen MR) is 278 cm³/mol. The van der Waals surface area contributed by atoms with Gasteiger partial charge in [-0.3, -0.25) is 4.99 Å². The molecule has 2 heterocycles. The Kier molecular flexibility index (Phi) is 45.7. The van der Waals surface area contributed by atoms with E-state index in [1.807, 2.05) is 0 Å². The van der Waals surface area contributed by atoms with Gasteiger partial charge in [0, 0.05) is 12.6 Å². The molecule has 0 aliphatic carbocycles. The van der Waals surface area contributed by atoms with Crippen LogP contribution >= 0.6 is 0 Å². The number of nitrogens with zero attached hydrogens (tertiary/aromatic N) is 2. The summed E-state index contributed by atoms with van der Waals surface area (Å²) in [5, 5.41) is 0. The maximum absolute atomic E-state index is 4.76. The van der Waals surface area contributed by atoms with Crippen LogP contribution in [-0.4, -0.2) is 36.8 Å². The fourth-order valence-electron chi connectivity index (χ4n) is 11.0. The molecule has 1 saturated heterocycles. The van der Waals surface area contributed by atoms with E-state index < -0.39 is 0 Å². The number of piperidine rings is 1. The normalized spacial score (nSPS) is 25.6. The average molecular weight is 854 g/mol. The number of hydrogen-bond donors (Lipinski definition) is 0. The second-order valence-corrected chi connectivity index (χ2v) is 21.2. The molecule has 1 fully saturated rings. The highest BCUT2D eigenvalue weighted by molar-refractivity contribution is 5.56. The van der Waals surface area contributed by atoms with Crippen LogP contribution < -0.4 is 0 Å². The Balaban J connectivity index is 1.48. The highest BCUT2D eigenvalue weighted by Gasteiger charge is 2.21. The van der Waals surface area contributed by atoms with Crippen molar-refractivity contribution in [3.05, 3.63) is 0 Å². The van der Waals surface area contributed by atoms with Crippen LogP contribution in [0.1, 0.15) is 347 Å². The standard InChI is InChI=1S/C59H116N2/c1-2-4-6-8-10-12-14-16-18-20-22-24-26-28-30-32-34-36-38-40-42-44-49-55-60-56-50-45-46-51-57-61-58-52-48-54-59(61)53-47-43-41-39-37-35-33-31-29-27-25-23-21-19-17-15-13-11-9-7-5-3-1/h56,59H,1-55,57-58H2. The summed E-state index contributed by atoms with van der Waals surface area (Å²) in [6.45, 7) is 3.78. The lowest BCUT2D eigenvalue weighted by molar-refractivity contribution is 0.135. The van der Waals surface area contributed by atoms with E-state index >= 15 is 0 Å². The molecule has 2 nitrogen and oxygen atoms in total. The minimum atomic E-state index is 0.889. The number of hydrogen-bond acceptors (Lipinski definition) is 2. The van der Waals surface area contributed by atoms with Crippen LogP contribution in [0.25, 0.3) is 0 Å². The van der Waals surface area contributed by atoms with Crippen molar-refractivity contribution < 1.29 is 0 Å². The van der Waals surface area contributed by atoms with E-state index in [-0.39, 0.29) is 0 Å². The molecule has 0 radical (unpaired) electrons.